The second kappa shape index (κ2) is 7.10. The molecule has 0 saturated carbocycles. The van der Waals surface area contributed by atoms with Crippen LogP contribution < -0.4 is 0 Å². The average molecular weight is 360 g/mol. The highest BCUT2D eigenvalue weighted by atomic mass is 35.5. The molecule has 0 atom stereocenters. The Hall–Kier alpha value is -3.26. The number of nitro benzene ring substituents is 1. The van der Waals surface area contributed by atoms with Gasteiger partial charge in [-0.3, -0.25) is 10.1 Å². The van der Waals surface area contributed by atoms with Gasteiger partial charge < -0.3 is 9.26 Å². The van der Waals surface area contributed by atoms with Crippen LogP contribution in [-0.2, 0) is 11.3 Å². The number of benzene rings is 2. The fraction of sp³-hybridized carbons (Fsp3) is 0.0625. The van der Waals surface area contributed by atoms with Crippen LogP contribution in [0.5, 0.6) is 0 Å². The summed E-state index contributed by atoms with van der Waals surface area (Å²) >= 11 is 5.78. The van der Waals surface area contributed by atoms with Crippen LogP contribution in [0, 0.1) is 10.1 Å². The van der Waals surface area contributed by atoms with E-state index in [-0.39, 0.29) is 23.1 Å². The Kier molecular flexibility index (Phi) is 4.71. The number of halogens is 1. The number of hydrogen-bond acceptors (Lipinski definition) is 7. The lowest BCUT2D eigenvalue weighted by molar-refractivity contribution is -0.385. The molecule has 0 bridgehead atoms. The fourth-order valence-electron chi connectivity index (χ4n) is 2.05. The van der Waals surface area contributed by atoms with Crippen molar-refractivity contribution in [3.63, 3.8) is 0 Å². The van der Waals surface area contributed by atoms with E-state index in [0.29, 0.717) is 5.82 Å². The molecule has 1 heterocycles. The van der Waals surface area contributed by atoms with Crippen molar-refractivity contribution in [1.82, 2.24) is 10.1 Å². The molecule has 8 nitrogen and oxygen atoms in total. The summed E-state index contributed by atoms with van der Waals surface area (Å²) in [5, 5.41) is 15.0. The van der Waals surface area contributed by atoms with Crippen LogP contribution in [0.2, 0.25) is 5.02 Å². The van der Waals surface area contributed by atoms with Crippen LogP contribution in [0.25, 0.3) is 11.4 Å². The van der Waals surface area contributed by atoms with E-state index in [1.165, 1.54) is 12.1 Å². The molecule has 0 fully saturated rings. The third-order valence-electron chi connectivity index (χ3n) is 3.20. The summed E-state index contributed by atoms with van der Waals surface area (Å²) in [5.41, 5.74) is 0.0968. The lowest BCUT2D eigenvalue weighted by atomic mass is 10.2. The predicted octanol–water partition coefficient (Wildman–Crippen LogP) is 3.66. The van der Waals surface area contributed by atoms with Crippen LogP contribution in [0.1, 0.15) is 16.2 Å². The molecule has 0 unspecified atom stereocenters. The zero-order chi connectivity index (χ0) is 17.8. The van der Waals surface area contributed by atoms with Crippen LogP contribution in [-0.4, -0.2) is 21.0 Å². The van der Waals surface area contributed by atoms with Gasteiger partial charge in [0.05, 0.1) is 4.92 Å². The quantitative estimate of drug-likeness (QED) is 0.388. The Labute approximate surface area is 146 Å². The highest BCUT2D eigenvalue weighted by molar-refractivity contribution is 6.31. The molecular weight excluding hydrogens is 350 g/mol. The van der Waals surface area contributed by atoms with Crippen LogP contribution in [0.4, 0.5) is 5.69 Å². The third-order valence-corrected chi connectivity index (χ3v) is 3.44. The molecule has 1 aromatic heterocycles. The van der Waals surface area contributed by atoms with Crippen molar-refractivity contribution in [3.05, 3.63) is 75.1 Å². The number of hydrogen-bond donors (Lipinski definition) is 0. The molecule has 0 saturated heterocycles. The van der Waals surface area contributed by atoms with E-state index in [0.717, 1.165) is 11.6 Å². The third kappa shape index (κ3) is 3.81. The van der Waals surface area contributed by atoms with Gasteiger partial charge >= 0.3 is 5.97 Å². The maximum absolute atomic E-state index is 12.1. The molecule has 3 rings (SSSR count). The number of rotatable bonds is 5. The molecule has 0 aliphatic carbocycles. The van der Waals surface area contributed by atoms with E-state index >= 15 is 0 Å². The summed E-state index contributed by atoms with van der Waals surface area (Å²) in [5.74, 6) is -0.495. The zero-order valence-corrected chi connectivity index (χ0v) is 13.3. The number of carbonyl (C=O) groups is 1. The molecule has 3 aromatic rings. The Morgan fingerprint density at radius 2 is 2.00 bits per heavy atom. The van der Waals surface area contributed by atoms with Crippen molar-refractivity contribution in [2.45, 2.75) is 6.61 Å². The molecule has 0 N–H and O–H groups in total. The number of nitro groups is 1. The van der Waals surface area contributed by atoms with Crippen LogP contribution in [0.3, 0.4) is 0 Å². The second-order valence-electron chi connectivity index (χ2n) is 4.87. The summed E-state index contributed by atoms with van der Waals surface area (Å²) in [6, 6.07) is 12.7. The molecule has 0 aliphatic heterocycles. The first-order valence-electron chi connectivity index (χ1n) is 7.03. The minimum Gasteiger partial charge on any atom is -0.452 e. The second-order valence-corrected chi connectivity index (χ2v) is 5.31. The first-order valence-corrected chi connectivity index (χ1v) is 7.41. The van der Waals surface area contributed by atoms with E-state index in [1.807, 2.05) is 18.2 Å². The molecule has 2 aromatic carbocycles. The lowest BCUT2D eigenvalue weighted by Gasteiger charge is -2.03. The highest BCUT2D eigenvalue weighted by Gasteiger charge is 2.22. The molecule has 0 radical (unpaired) electrons. The maximum Gasteiger partial charge on any atom is 0.345 e. The Morgan fingerprint density at radius 3 is 2.72 bits per heavy atom. The summed E-state index contributed by atoms with van der Waals surface area (Å²) < 4.78 is 10.0. The molecule has 0 aliphatic rings. The van der Waals surface area contributed by atoms with Crippen LogP contribution >= 0.6 is 11.6 Å². The van der Waals surface area contributed by atoms with Gasteiger partial charge in [0.15, 0.2) is 6.61 Å². The Balaban J connectivity index is 1.72. The van der Waals surface area contributed by atoms with Crippen molar-refractivity contribution in [3.8, 4) is 11.4 Å². The maximum atomic E-state index is 12.1. The molecular formula is C16H10ClN3O5. The molecule has 9 heteroatoms. The summed E-state index contributed by atoms with van der Waals surface area (Å²) in [6.07, 6.45) is 0. The number of aromatic nitrogens is 2. The monoisotopic (exact) mass is 359 g/mol. The van der Waals surface area contributed by atoms with Crippen molar-refractivity contribution < 1.29 is 19.0 Å². The lowest BCUT2D eigenvalue weighted by Crippen LogP contribution is -2.08. The van der Waals surface area contributed by atoms with Crippen molar-refractivity contribution in [2.75, 3.05) is 0 Å². The number of esters is 1. The minimum atomic E-state index is -0.909. The topological polar surface area (TPSA) is 108 Å². The van der Waals surface area contributed by atoms with Gasteiger partial charge in [0, 0.05) is 16.7 Å². The molecule has 126 valence electrons. The first kappa shape index (κ1) is 16.6. The van der Waals surface area contributed by atoms with Gasteiger partial charge in [-0.05, 0) is 12.1 Å². The van der Waals surface area contributed by atoms with Crippen molar-refractivity contribution >= 4 is 23.3 Å². The standard InChI is InChI=1S/C16H10ClN3O5/c17-11-6-7-13(20(22)23)12(8-11)16(21)24-9-14-18-15(19-25-14)10-4-2-1-3-5-10/h1-8H,9H2. The molecule has 0 amide bonds. The van der Waals surface area contributed by atoms with Gasteiger partial charge in [-0.15, -0.1) is 0 Å². The van der Waals surface area contributed by atoms with Gasteiger partial charge in [0.2, 0.25) is 5.82 Å². The average Bonchev–Trinajstić information content (AvgIpc) is 3.09. The fourth-order valence-corrected chi connectivity index (χ4v) is 2.23. The zero-order valence-electron chi connectivity index (χ0n) is 12.6. The van der Waals surface area contributed by atoms with E-state index in [1.54, 1.807) is 12.1 Å². The van der Waals surface area contributed by atoms with Gasteiger partial charge in [0.1, 0.15) is 5.56 Å². The number of ether oxygens (including phenoxy) is 1. The summed E-state index contributed by atoms with van der Waals surface area (Å²) in [6.45, 7) is -0.317. The highest BCUT2D eigenvalue weighted by Crippen LogP contribution is 2.24. The number of nitrogens with zero attached hydrogens (tertiary/aromatic N) is 3. The van der Waals surface area contributed by atoms with E-state index in [2.05, 4.69) is 10.1 Å². The smallest absolute Gasteiger partial charge is 0.345 e. The number of carbonyl (C=O) groups excluding carboxylic acids is 1. The van der Waals surface area contributed by atoms with Crippen molar-refractivity contribution in [1.29, 1.82) is 0 Å². The van der Waals surface area contributed by atoms with E-state index in [4.69, 9.17) is 20.9 Å². The van der Waals surface area contributed by atoms with Gasteiger partial charge in [-0.1, -0.05) is 47.1 Å². The minimum absolute atomic E-state index is 0.0666. The van der Waals surface area contributed by atoms with Gasteiger partial charge in [-0.2, -0.15) is 4.98 Å². The first-order chi connectivity index (χ1) is 12.0. The SMILES string of the molecule is O=C(OCc1nc(-c2ccccc2)no1)c1cc(Cl)ccc1[N+](=O)[O-]. The normalized spacial score (nSPS) is 10.4. The van der Waals surface area contributed by atoms with Gasteiger partial charge in [-0.25, -0.2) is 4.79 Å². The van der Waals surface area contributed by atoms with Crippen molar-refractivity contribution in [2.24, 2.45) is 0 Å². The largest absolute Gasteiger partial charge is 0.452 e. The molecule has 0 spiro atoms. The van der Waals surface area contributed by atoms with E-state index < -0.39 is 16.6 Å². The van der Waals surface area contributed by atoms with Crippen LogP contribution in [0.15, 0.2) is 53.1 Å². The van der Waals surface area contributed by atoms with Gasteiger partial charge in [0.25, 0.3) is 11.6 Å². The Morgan fingerprint density at radius 1 is 1.24 bits per heavy atom. The summed E-state index contributed by atoms with van der Waals surface area (Å²) in [7, 11) is 0. The summed E-state index contributed by atoms with van der Waals surface area (Å²) in [4.78, 5) is 26.5. The Bertz CT molecular complexity index is 927. The predicted molar refractivity (Wildman–Crippen MR) is 87.0 cm³/mol. The van der Waals surface area contributed by atoms with E-state index in [9.17, 15) is 14.9 Å². The molecule has 25 heavy (non-hydrogen) atoms.